The minimum atomic E-state index is 0.815. The first kappa shape index (κ1) is 11.3. The Morgan fingerprint density at radius 2 is 1.80 bits per heavy atom. The van der Waals surface area contributed by atoms with Crippen molar-refractivity contribution >= 4 is 10.9 Å². The van der Waals surface area contributed by atoms with Crippen LogP contribution in [-0.4, -0.2) is 4.57 Å². The van der Waals surface area contributed by atoms with Gasteiger partial charge in [0.15, 0.2) is 0 Å². The molecule has 2 heteroatoms. The van der Waals surface area contributed by atoms with Gasteiger partial charge in [-0.1, -0.05) is 42.5 Å². The Hall–Kier alpha value is -2.53. The molecule has 0 N–H and O–H groups in total. The van der Waals surface area contributed by atoms with Crippen molar-refractivity contribution in [1.82, 2.24) is 4.57 Å². The van der Waals surface area contributed by atoms with Crippen molar-refractivity contribution in [1.29, 1.82) is 5.26 Å². The van der Waals surface area contributed by atoms with E-state index in [1.807, 2.05) is 12.1 Å². The minimum Gasteiger partial charge on any atom is -0.339 e. The van der Waals surface area contributed by atoms with E-state index in [2.05, 4.69) is 47.0 Å². The summed E-state index contributed by atoms with van der Waals surface area (Å²) in [5.41, 5.74) is 5.66. The highest BCUT2D eigenvalue weighted by atomic mass is 15.0. The molecule has 2 nitrogen and oxygen atoms in total. The van der Waals surface area contributed by atoms with E-state index < -0.39 is 0 Å². The van der Waals surface area contributed by atoms with Gasteiger partial charge in [0.25, 0.3) is 0 Å². The molecule has 0 saturated carbocycles. The summed E-state index contributed by atoms with van der Waals surface area (Å²) < 4.78 is 2.32. The average Bonchev–Trinajstić information content (AvgIpc) is 2.69. The lowest BCUT2D eigenvalue weighted by atomic mass is 9.99. The smallest absolute Gasteiger partial charge is 0.102 e. The van der Waals surface area contributed by atoms with Crippen molar-refractivity contribution in [3.8, 4) is 17.3 Å². The number of hydrogen-bond acceptors (Lipinski definition) is 1. The van der Waals surface area contributed by atoms with Crippen LogP contribution < -0.4 is 0 Å². The molecule has 20 heavy (non-hydrogen) atoms. The van der Waals surface area contributed by atoms with Gasteiger partial charge in [0.05, 0.1) is 11.3 Å². The number of nitriles is 1. The summed E-state index contributed by atoms with van der Waals surface area (Å²) in [6.45, 7) is 0.978. The molecule has 0 amide bonds. The Kier molecular flexibility index (Phi) is 2.40. The summed E-state index contributed by atoms with van der Waals surface area (Å²) in [6.07, 6.45) is 2.20. The summed E-state index contributed by atoms with van der Waals surface area (Å²) in [5, 5.41) is 10.7. The number of fused-ring (bicyclic) bond motifs is 5. The molecule has 1 aliphatic rings. The van der Waals surface area contributed by atoms with Crippen LogP contribution in [0.5, 0.6) is 0 Å². The van der Waals surface area contributed by atoms with Crippen molar-refractivity contribution in [3.63, 3.8) is 0 Å². The molecular weight excluding hydrogens is 244 g/mol. The molecule has 0 unspecified atom stereocenters. The standard InChI is InChI=1S/C18H14N2/c19-12-16-15-9-3-4-10-17(15)20-11-5-7-13-6-1-2-8-14(13)18(16)20/h1-4,6,8-10H,5,7,11H2. The highest BCUT2D eigenvalue weighted by molar-refractivity contribution is 5.95. The molecular formula is C18H14N2. The van der Waals surface area contributed by atoms with Gasteiger partial charge < -0.3 is 4.57 Å². The van der Waals surface area contributed by atoms with Gasteiger partial charge in [-0.15, -0.1) is 0 Å². The van der Waals surface area contributed by atoms with E-state index in [9.17, 15) is 5.26 Å². The summed E-state index contributed by atoms with van der Waals surface area (Å²) in [7, 11) is 0. The Morgan fingerprint density at radius 3 is 2.70 bits per heavy atom. The SMILES string of the molecule is N#Cc1c2n(c3ccccc13)CCCc1ccccc1-2. The zero-order valence-corrected chi connectivity index (χ0v) is 11.1. The third kappa shape index (κ3) is 1.44. The Bertz CT molecular complexity index is 849. The maximum Gasteiger partial charge on any atom is 0.102 e. The second-order valence-corrected chi connectivity index (χ2v) is 5.26. The van der Waals surface area contributed by atoms with Crippen LogP contribution in [0.1, 0.15) is 17.5 Å². The van der Waals surface area contributed by atoms with Crippen LogP contribution >= 0.6 is 0 Å². The fourth-order valence-corrected chi connectivity index (χ4v) is 3.33. The Balaban J connectivity index is 2.19. The van der Waals surface area contributed by atoms with E-state index >= 15 is 0 Å². The Labute approximate surface area is 117 Å². The first-order chi connectivity index (χ1) is 9.90. The number of hydrogen-bond donors (Lipinski definition) is 0. The maximum absolute atomic E-state index is 9.63. The number of para-hydroxylation sites is 1. The van der Waals surface area contributed by atoms with Gasteiger partial charge >= 0.3 is 0 Å². The predicted octanol–water partition coefficient (Wildman–Crippen LogP) is 4.13. The molecule has 3 aromatic rings. The molecule has 96 valence electrons. The van der Waals surface area contributed by atoms with E-state index in [4.69, 9.17) is 0 Å². The van der Waals surface area contributed by atoms with Gasteiger partial charge in [0.2, 0.25) is 0 Å². The molecule has 0 atom stereocenters. The van der Waals surface area contributed by atoms with Crippen LogP contribution in [0.3, 0.4) is 0 Å². The topological polar surface area (TPSA) is 28.7 Å². The first-order valence-electron chi connectivity index (χ1n) is 7.00. The number of aryl methyl sites for hydroxylation is 2. The van der Waals surface area contributed by atoms with Crippen LogP contribution in [-0.2, 0) is 13.0 Å². The normalized spacial score (nSPS) is 13.3. The fourth-order valence-electron chi connectivity index (χ4n) is 3.33. The van der Waals surface area contributed by atoms with E-state index in [1.165, 1.54) is 16.6 Å². The van der Waals surface area contributed by atoms with Crippen LogP contribution in [0.25, 0.3) is 22.2 Å². The maximum atomic E-state index is 9.63. The zero-order chi connectivity index (χ0) is 13.5. The molecule has 0 saturated heterocycles. The molecule has 4 rings (SSSR count). The lowest BCUT2D eigenvalue weighted by Crippen LogP contribution is -1.97. The quantitative estimate of drug-likeness (QED) is 0.596. The fraction of sp³-hybridized carbons (Fsp3) is 0.167. The van der Waals surface area contributed by atoms with Gasteiger partial charge in [0, 0.05) is 23.0 Å². The molecule has 0 radical (unpaired) electrons. The second-order valence-electron chi connectivity index (χ2n) is 5.26. The molecule has 0 fully saturated rings. The molecule has 0 aliphatic carbocycles. The van der Waals surface area contributed by atoms with E-state index in [0.717, 1.165) is 36.0 Å². The zero-order valence-electron chi connectivity index (χ0n) is 11.1. The molecule has 2 aromatic carbocycles. The van der Waals surface area contributed by atoms with Gasteiger partial charge in [-0.2, -0.15) is 5.26 Å². The average molecular weight is 258 g/mol. The van der Waals surface area contributed by atoms with E-state index in [0.29, 0.717) is 0 Å². The molecule has 1 aromatic heterocycles. The Morgan fingerprint density at radius 1 is 1.00 bits per heavy atom. The van der Waals surface area contributed by atoms with Gasteiger partial charge in [-0.25, -0.2) is 0 Å². The lowest BCUT2D eigenvalue weighted by molar-refractivity contribution is 0.680. The van der Waals surface area contributed by atoms with Crippen molar-refractivity contribution < 1.29 is 0 Å². The molecule has 2 heterocycles. The van der Waals surface area contributed by atoms with Crippen molar-refractivity contribution in [2.45, 2.75) is 19.4 Å². The van der Waals surface area contributed by atoms with E-state index in [-0.39, 0.29) is 0 Å². The van der Waals surface area contributed by atoms with Crippen LogP contribution in [0.2, 0.25) is 0 Å². The lowest BCUT2D eigenvalue weighted by Gasteiger charge is -2.08. The molecule has 1 aliphatic heterocycles. The number of nitrogens with zero attached hydrogens (tertiary/aromatic N) is 2. The highest BCUT2D eigenvalue weighted by Crippen LogP contribution is 2.37. The van der Waals surface area contributed by atoms with Gasteiger partial charge in [-0.05, 0) is 24.5 Å². The number of benzene rings is 2. The first-order valence-corrected chi connectivity index (χ1v) is 7.00. The number of rotatable bonds is 0. The number of aromatic nitrogens is 1. The van der Waals surface area contributed by atoms with Crippen LogP contribution in [0, 0.1) is 11.3 Å². The third-order valence-corrected chi connectivity index (χ3v) is 4.18. The largest absolute Gasteiger partial charge is 0.339 e. The van der Waals surface area contributed by atoms with Crippen LogP contribution in [0.4, 0.5) is 0 Å². The third-order valence-electron chi connectivity index (χ3n) is 4.18. The van der Waals surface area contributed by atoms with Gasteiger partial charge in [-0.3, -0.25) is 0 Å². The van der Waals surface area contributed by atoms with E-state index in [1.54, 1.807) is 0 Å². The van der Waals surface area contributed by atoms with Crippen molar-refractivity contribution in [2.24, 2.45) is 0 Å². The monoisotopic (exact) mass is 258 g/mol. The molecule has 0 spiro atoms. The molecule has 0 bridgehead atoms. The summed E-state index contributed by atoms with van der Waals surface area (Å²) in [5.74, 6) is 0. The summed E-state index contributed by atoms with van der Waals surface area (Å²) >= 11 is 0. The summed E-state index contributed by atoms with van der Waals surface area (Å²) in [4.78, 5) is 0. The highest BCUT2D eigenvalue weighted by Gasteiger charge is 2.22. The van der Waals surface area contributed by atoms with Crippen molar-refractivity contribution in [3.05, 3.63) is 59.7 Å². The van der Waals surface area contributed by atoms with Crippen LogP contribution in [0.15, 0.2) is 48.5 Å². The second kappa shape index (κ2) is 4.25. The summed E-state index contributed by atoms with van der Waals surface area (Å²) in [6, 6.07) is 19.1. The van der Waals surface area contributed by atoms with Gasteiger partial charge in [0.1, 0.15) is 6.07 Å². The minimum absolute atomic E-state index is 0.815. The predicted molar refractivity (Wildman–Crippen MR) is 80.4 cm³/mol. The van der Waals surface area contributed by atoms with Crippen molar-refractivity contribution in [2.75, 3.05) is 0 Å².